The number of amides is 1. The Morgan fingerprint density at radius 1 is 1.19 bits per heavy atom. The number of rotatable bonds is 7. The number of benzene rings is 2. The molecule has 0 unspecified atom stereocenters. The highest BCUT2D eigenvalue weighted by molar-refractivity contribution is 8.24. The largest absolute Gasteiger partial charge is 0.489 e. The van der Waals surface area contributed by atoms with Crippen LogP contribution in [0.1, 0.15) is 30.5 Å². The SMILES string of the molecule is Cc1cccc(COc2ccccc2C[C@@H]2SC(=S)N(CC(C)C)C2=O)c1. The average Bonchev–Trinajstić information content (AvgIpc) is 2.88. The van der Waals surface area contributed by atoms with Gasteiger partial charge in [-0.1, -0.05) is 85.9 Å². The molecule has 5 heteroatoms. The number of hydrogen-bond acceptors (Lipinski definition) is 4. The molecule has 0 aromatic heterocycles. The Labute approximate surface area is 171 Å². The topological polar surface area (TPSA) is 29.5 Å². The molecule has 3 rings (SSSR count). The van der Waals surface area contributed by atoms with E-state index in [0.29, 0.717) is 29.8 Å². The van der Waals surface area contributed by atoms with Crippen molar-refractivity contribution < 1.29 is 9.53 Å². The van der Waals surface area contributed by atoms with Crippen molar-refractivity contribution in [2.75, 3.05) is 6.54 Å². The standard InChI is InChI=1S/C22H25NO2S2/c1-15(2)13-23-21(24)20(27-22(23)26)12-18-9-4-5-10-19(18)25-14-17-8-6-7-16(3)11-17/h4-11,15,20H,12-14H2,1-3H3/t20-/m0/s1. The molecule has 1 saturated heterocycles. The van der Waals surface area contributed by atoms with Crippen molar-refractivity contribution in [1.29, 1.82) is 0 Å². The summed E-state index contributed by atoms with van der Waals surface area (Å²) in [6.45, 7) is 7.48. The molecular weight excluding hydrogens is 374 g/mol. The quantitative estimate of drug-likeness (QED) is 0.613. The maximum Gasteiger partial charge on any atom is 0.241 e. The Morgan fingerprint density at radius 2 is 1.96 bits per heavy atom. The number of para-hydroxylation sites is 1. The first kappa shape index (κ1) is 19.9. The van der Waals surface area contributed by atoms with E-state index >= 15 is 0 Å². The molecule has 142 valence electrons. The molecule has 1 heterocycles. The maximum absolute atomic E-state index is 12.8. The van der Waals surface area contributed by atoms with Gasteiger partial charge < -0.3 is 4.74 Å². The molecule has 0 radical (unpaired) electrons. The minimum atomic E-state index is -0.167. The highest BCUT2D eigenvalue weighted by Crippen LogP contribution is 2.33. The summed E-state index contributed by atoms with van der Waals surface area (Å²) < 4.78 is 6.77. The van der Waals surface area contributed by atoms with Gasteiger partial charge in [-0.2, -0.15) is 0 Å². The monoisotopic (exact) mass is 399 g/mol. The third-order valence-corrected chi connectivity index (χ3v) is 5.99. The fourth-order valence-electron chi connectivity index (χ4n) is 3.13. The first-order chi connectivity index (χ1) is 12.9. The molecule has 0 N–H and O–H groups in total. The van der Waals surface area contributed by atoms with Gasteiger partial charge in [-0.3, -0.25) is 9.69 Å². The lowest BCUT2D eigenvalue weighted by molar-refractivity contribution is -0.126. The van der Waals surface area contributed by atoms with Gasteiger partial charge in [0.05, 0.1) is 5.25 Å². The molecule has 1 aliphatic rings. The molecule has 0 saturated carbocycles. The van der Waals surface area contributed by atoms with E-state index in [1.165, 1.54) is 17.3 Å². The Hall–Kier alpha value is -1.85. The van der Waals surface area contributed by atoms with Gasteiger partial charge in [0, 0.05) is 6.54 Å². The second-order valence-electron chi connectivity index (χ2n) is 7.30. The van der Waals surface area contributed by atoms with Crippen LogP contribution in [-0.4, -0.2) is 26.9 Å². The van der Waals surface area contributed by atoms with Crippen LogP contribution in [0.3, 0.4) is 0 Å². The number of carbonyl (C=O) groups is 1. The van der Waals surface area contributed by atoms with Gasteiger partial charge in [0.25, 0.3) is 0 Å². The number of hydrogen-bond donors (Lipinski definition) is 0. The Bertz CT molecular complexity index is 835. The summed E-state index contributed by atoms with van der Waals surface area (Å²) in [6.07, 6.45) is 0.627. The van der Waals surface area contributed by atoms with Crippen LogP contribution >= 0.6 is 24.0 Å². The van der Waals surface area contributed by atoms with Crippen LogP contribution in [0.25, 0.3) is 0 Å². The molecule has 1 atom stereocenters. The maximum atomic E-state index is 12.8. The summed E-state index contributed by atoms with van der Waals surface area (Å²) in [6, 6.07) is 16.3. The van der Waals surface area contributed by atoms with Crippen molar-refractivity contribution >= 4 is 34.2 Å². The Kier molecular flexibility index (Phi) is 6.55. The van der Waals surface area contributed by atoms with Crippen LogP contribution in [0.15, 0.2) is 48.5 Å². The van der Waals surface area contributed by atoms with Gasteiger partial charge >= 0.3 is 0 Å². The zero-order valence-corrected chi connectivity index (χ0v) is 17.6. The van der Waals surface area contributed by atoms with Crippen molar-refractivity contribution in [2.24, 2.45) is 5.92 Å². The molecule has 2 aromatic rings. The van der Waals surface area contributed by atoms with Crippen molar-refractivity contribution in [2.45, 2.75) is 39.0 Å². The van der Waals surface area contributed by atoms with Crippen LogP contribution < -0.4 is 4.74 Å². The second-order valence-corrected chi connectivity index (χ2v) is 9.14. The van der Waals surface area contributed by atoms with Crippen LogP contribution in [0, 0.1) is 12.8 Å². The van der Waals surface area contributed by atoms with Gasteiger partial charge in [-0.15, -0.1) is 0 Å². The van der Waals surface area contributed by atoms with Crippen LogP contribution in [0.5, 0.6) is 5.75 Å². The molecule has 1 amide bonds. The fraction of sp³-hybridized carbons (Fsp3) is 0.364. The second kappa shape index (κ2) is 8.89. The van der Waals surface area contributed by atoms with Crippen LogP contribution in [-0.2, 0) is 17.8 Å². The third-order valence-electron chi connectivity index (χ3n) is 4.41. The van der Waals surface area contributed by atoms with Crippen molar-refractivity contribution in [1.82, 2.24) is 4.90 Å². The molecule has 1 fully saturated rings. The van der Waals surface area contributed by atoms with Gasteiger partial charge in [-0.05, 0) is 36.5 Å². The smallest absolute Gasteiger partial charge is 0.241 e. The highest BCUT2D eigenvalue weighted by Gasteiger charge is 2.37. The molecule has 0 spiro atoms. The molecular formula is C22H25NO2S2. The van der Waals surface area contributed by atoms with E-state index in [-0.39, 0.29) is 11.2 Å². The summed E-state index contributed by atoms with van der Waals surface area (Å²) in [5.74, 6) is 1.35. The van der Waals surface area contributed by atoms with E-state index in [4.69, 9.17) is 17.0 Å². The zero-order chi connectivity index (χ0) is 19.4. The molecule has 3 nitrogen and oxygen atoms in total. The highest BCUT2D eigenvalue weighted by atomic mass is 32.2. The Morgan fingerprint density at radius 3 is 2.70 bits per heavy atom. The normalized spacial score (nSPS) is 17.0. The lowest BCUT2D eigenvalue weighted by atomic mass is 10.1. The number of ether oxygens (including phenoxy) is 1. The van der Waals surface area contributed by atoms with Crippen LogP contribution in [0.2, 0.25) is 0 Å². The number of carbonyl (C=O) groups excluding carboxylic acids is 1. The third kappa shape index (κ3) is 5.11. The summed E-state index contributed by atoms with van der Waals surface area (Å²) in [5.41, 5.74) is 3.40. The summed E-state index contributed by atoms with van der Waals surface area (Å²) in [4.78, 5) is 14.5. The van der Waals surface area contributed by atoms with E-state index in [9.17, 15) is 4.79 Å². The first-order valence-corrected chi connectivity index (χ1v) is 10.5. The van der Waals surface area contributed by atoms with E-state index in [2.05, 4.69) is 39.0 Å². The number of thiocarbonyl (C=S) groups is 1. The summed E-state index contributed by atoms with van der Waals surface area (Å²) in [7, 11) is 0. The molecule has 1 aliphatic heterocycles. The number of nitrogens with zero attached hydrogens (tertiary/aromatic N) is 1. The van der Waals surface area contributed by atoms with E-state index in [1.807, 2.05) is 30.3 Å². The first-order valence-electron chi connectivity index (χ1n) is 9.22. The fourth-order valence-corrected chi connectivity index (χ4v) is 4.67. The lowest BCUT2D eigenvalue weighted by Crippen LogP contribution is -2.34. The molecule has 0 bridgehead atoms. The van der Waals surface area contributed by atoms with E-state index in [1.54, 1.807) is 4.90 Å². The van der Waals surface area contributed by atoms with Gasteiger partial charge in [0.1, 0.15) is 16.7 Å². The van der Waals surface area contributed by atoms with Gasteiger partial charge in [0.15, 0.2) is 0 Å². The molecule has 27 heavy (non-hydrogen) atoms. The molecule has 0 aliphatic carbocycles. The predicted octanol–water partition coefficient (Wildman–Crippen LogP) is 5.00. The minimum absolute atomic E-state index is 0.118. The van der Waals surface area contributed by atoms with Gasteiger partial charge in [0.2, 0.25) is 5.91 Å². The Balaban J connectivity index is 1.69. The predicted molar refractivity (Wildman–Crippen MR) is 116 cm³/mol. The van der Waals surface area contributed by atoms with Crippen LogP contribution in [0.4, 0.5) is 0 Å². The van der Waals surface area contributed by atoms with Gasteiger partial charge in [-0.25, -0.2) is 0 Å². The van der Waals surface area contributed by atoms with Crippen molar-refractivity contribution in [3.8, 4) is 5.75 Å². The lowest BCUT2D eigenvalue weighted by Gasteiger charge is -2.18. The van der Waals surface area contributed by atoms with E-state index in [0.717, 1.165) is 16.9 Å². The number of thioether (sulfide) groups is 1. The van der Waals surface area contributed by atoms with Crippen molar-refractivity contribution in [3.63, 3.8) is 0 Å². The zero-order valence-electron chi connectivity index (χ0n) is 16.0. The average molecular weight is 400 g/mol. The summed E-state index contributed by atoms with van der Waals surface area (Å²) >= 11 is 6.92. The summed E-state index contributed by atoms with van der Waals surface area (Å²) in [5, 5.41) is -0.167. The molecule has 2 aromatic carbocycles. The van der Waals surface area contributed by atoms with E-state index < -0.39 is 0 Å². The van der Waals surface area contributed by atoms with Crippen molar-refractivity contribution in [3.05, 3.63) is 65.2 Å². The minimum Gasteiger partial charge on any atom is -0.489 e. The number of aryl methyl sites for hydroxylation is 1.